The van der Waals surface area contributed by atoms with Crippen LogP contribution in [0.1, 0.15) is 32.0 Å². The molecule has 10 heteroatoms. The summed E-state index contributed by atoms with van der Waals surface area (Å²) >= 11 is 0. The van der Waals surface area contributed by atoms with Crippen LogP contribution in [0, 0.1) is 0 Å². The van der Waals surface area contributed by atoms with Crippen molar-refractivity contribution < 1.29 is 14.3 Å². The average molecular weight is 413 g/mol. The van der Waals surface area contributed by atoms with Gasteiger partial charge in [0.2, 0.25) is 5.95 Å². The van der Waals surface area contributed by atoms with Gasteiger partial charge in [0.05, 0.1) is 31.0 Å². The van der Waals surface area contributed by atoms with Crippen molar-refractivity contribution in [3.63, 3.8) is 0 Å². The lowest BCUT2D eigenvalue weighted by Crippen LogP contribution is -2.42. The Morgan fingerprint density at radius 3 is 2.50 bits per heavy atom. The van der Waals surface area contributed by atoms with Crippen LogP contribution in [0.25, 0.3) is 11.4 Å². The zero-order chi connectivity index (χ0) is 21.3. The summed E-state index contributed by atoms with van der Waals surface area (Å²) in [7, 11) is 0. The van der Waals surface area contributed by atoms with Gasteiger partial charge in [-0.1, -0.05) is 0 Å². The highest BCUT2D eigenvalue weighted by Gasteiger charge is 2.30. The quantitative estimate of drug-likeness (QED) is 0.783. The lowest BCUT2D eigenvalue weighted by molar-refractivity contribution is 0.0221. The number of carbonyl (C=O) groups excluding carboxylic acids is 1. The number of fused-ring (bicyclic) bond motifs is 1. The van der Waals surface area contributed by atoms with E-state index < -0.39 is 5.60 Å². The monoisotopic (exact) mass is 413 g/mol. The number of aromatic nitrogens is 4. The van der Waals surface area contributed by atoms with E-state index in [0.717, 1.165) is 30.2 Å². The zero-order valence-corrected chi connectivity index (χ0v) is 17.6. The number of nitrogens with zero attached hydrogens (tertiary/aromatic N) is 6. The molecule has 2 N–H and O–H groups in total. The Labute approximate surface area is 175 Å². The van der Waals surface area contributed by atoms with E-state index in [1.807, 2.05) is 20.8 Å². The van der Waals surface area contributed by atoms with Gasteiger partial charge in [0.15, 0.2) is 5.82 Å². The van der Waals surface area contributed by atoms with Crippen molar-refractivity contribution in [3.05, 3.63) is 23.7 Å². The molecule has 4 heterocycles. The van der Waals surface area contributed by atoms with Gasteiger partial charge in [-0.05, 0) is 27.2 Å². The number of rotatable bonds is 2. The molecule has 4 rings (SSSR count). The molecule has 160 valence electrons. The summed E-state index contributed by atoms with van der Waals surface area (Å²) in [5.41, 5.74) is 7.63. The highest BCUT2D eigenvalue weighted by molar-refractivity contribution is 5.69. The van der Waals surface area contributed by atoms with Gasteiger partial charge in [0, 0.05) is 37.6 Å². The number of anilines is 2. The first kappa shape index (κ1) is 20.3. The molecule has 0 bridgehead atoms. The van der Waals surface area contributed by atoms with Gasteiger partial charge in [-0.25, -0.2) is 24.7 Å². The number of morpholine rings is 1. The molecule has 1 amide bonds. The molecule has 0 spiro atoms. The highest BCUT2D eigenvalue weighted by Crippen LogP contribution is 2.30. The maximum absolute atomic E-state index is 12.6. The summed E-state index contributed by atoms with van der Waals surface area (Å²) in [6.07, 6.45) is 3.56. The lowest BCUT2D eigenvalue weighted by atomic mass is 10.0. The molecule has 1 saturated heterocycles. The van der Waals surface area contributed by atoms with Crippen LogP contribution < -0.4 is 10.6 Å². The van der Waals surface area contributed by atoms with Crippen molar-refractivity contribution in [1.29, 1.82) is 0 Å². The number of amides is 1. The second kappa shape index (κ2) is 8.02. The molecule has 2 aliphatic rings. The maximum Gasteiger partial charge on any atom is 0.410 e. The Bertz CT molecular complexity index is 921. The largest absolute Gasteiger partial charge is 0.444 e. The second-order valence-electron chi connectivity index (χ2n) is 8.38. The number of hydrogen-bond donors (Lipinski definition) is 1. The van der Waals surface area contributed by atoms with E-state index in [4.69, 9.17) is 25.2 Å². The van der Waals surface area contributed by atoms with E-state index in [1.54, 1.807) is 17.3 Å². The summed E-state index contributed by atoms with van der Waals surface area (Å²) in [6.45, 7) is 9.35. The maximum atomic E-state index is 12.6. The van der Waals surface area contributed by atoms with Crippen LogP contribution in [0.15, 0.2) is 12.4 Å². The summed E-state index contributed by atoms with van der Waals surface area (Å²) in [4.78, 5) is 34.2. The summed E-state index contributed by atoms with van der Waals surface area (Å²) in [5, 5.41) is 0. The van der Waals surface area contributed by atoms with E-state index >= 15 is 0 Å². The fourth-order valence-electron chi connectivity index (χ4n) is 3.51. The zero-order valence-electron chi connectivity index (χ0n) is 17.6. The van der Waals surface area contributed by atoms with Crippen LogP contribution in [0.2, 0.25) is 0 Å². The smallest absolute Gasteiger partial charge is 0.410 e. The average Bonchev–Trinajstić information content (AvgIpc) is 2.72. The SMILES string of the molecule is CC(C)(C)OC(=O)N1CCc2c(nc(-c3cnc(N)nc3)nc2N2CCOCC2)C1. The van der Waals surface area contributed by atoms with Crippen LogP contribution in [0.3, 0.4) is 0 Å². The Kier molecular flexibility index (Phi) is 5.42. The molecule has 0 radical (unpaired) electrons. The van der Waals surface area contributed by atoms with Gasteiger partial charge >= 0.3 is 6.09 Å². The van der Waals surface area contributed by atoms with Crippen LogP contribution >= 0.6 is 0 Å². The normalized spacial score (nSPS) is 16.9. The van der Waals surface area contributed by atoms with Gasteiger partial charge in [-0.15, -0.1) is 0 Å². The minimum Gasteiger partial charge on any atom is -0.444 e. The highest BCUT2D eigenvalue weighted by atomic mass is 16.6. The van der Waals surface area contributed by atoms with E-state index in [-0.39, 0.29) is 12.0 Å². The fraction of sp³-hybridized carbons (Fsp3) is 0.550. The molecule has 30 heavy (non-hydrogen) atoms. The number of carbonyl (C=O) groups is 1. The Morgan fingerprint density at radius 2 is 1.83 bits per heavy atom. The number of nitrogens with two attached hydrogens (primary N) is 1. The molecule has 10 nitrogen and oxygen atoms in total. The number of nitrogen functional groups attached to an aromatic ring is 1. The molecular weight excluding hydrogens is 386 g/mol. The standard InChI is InChI=1S/C20H27N7O3/c1-20(2,3)30-19(28)27-5-4-14-15(12-27)24-16(13-10-22-18(21)23-11-13)25-17(14)26-6-8-29-9-7-26/h10-11H,4-9,12H2,1-3H3,(H2,21,22,23). The third-order valence-electron chi connectivity index (χ3n) is 4.94. The Morgan fingerprint density at radius 1 is 1.13 bits per heavy atom. The molecule has 2 aromatic rings. The third-order valence-corrected chi connectivity index (χ3v) is 4.94. The van der Waals surface area contributed by atoms with Gasteiger partial charge in [-0.2, -0.15) is 0 Å². The summed E-state index contributed by atoms with van der Waals surface area (Å²) in [5.74, 6) is 1.60. The molecular formula is C20H27N7O3. The Hall–Kier alpha value is -3.01. The third kappa shape index (κ3) is 4.43. The van der Waals surface area contributed by atoms with Crippen molar-refractivity contribution in [2.75, 3.05) is 43.5 Å². The molecule has 0 aromatic carbocycles. The minimum atomic E-state index is -0.547. The van der Waals surface area contributed by atoms with E-state index in [0.29, 0.717) is 44.1 Å². The second-order valence-corrected chi connectivity index (χ2v) is 8.38. The molecule has 0 atom stereocenters. The first-order chi connectivity index (χ1) is 14.3. The van der Waals surface area contributed by atoms with Crippen molar-refractivity contribution in [3.8, 4) is 11.4 Å². The molecule has 0 unspecified atom stereocenters. The van der Waals surface area contributed by atoms with Crippen LogP contribution in [0.5, 0.6) is 0 Å². The van der Waals surface area contributed by atoms with E-state index in [2.05, 4.69) is 14.9 Å². The number of ether oxygens (including phenoxy) is 2. The van der Waals surface area contributed by atoms with E-state index in [1.165, 1.54) is 0 Å². The van der Waals surface area contributed by atoms with Crippen molar-refractivity contribution >= 4 is 17.9 Å². The van der Waals surface area contributed by atoms with Gasteiger partial charge in [0.25, 0.3) is 0 Å². The van der Waals surface area contributed by atoms with Crippen molar-refractivity contribution in [1.82, 2.24) is 24.8 Å². The molecule has 1 fully saturated rings. The van der Waals surface area contributed by atoms with Crippen LogP contribution in [-0.4, -0.2) is 69.4 Å². The first-order valence-corrected chi connectivity index (χ1v) is 10.1. The minimum absolute atomic E-state index is 0.196. The van der Waals surface area contributed by atoms with Crippen molar-refractivity contribution in [2.45, 2.75) is 39.3 Å². The summed E-state index contributed by atoms with van der Waals surface area (Å²) in [6, 6.07) is 0. The Balaban J connectivity index is 1.70. The first-order valence-electron chi connectivity index (χ1n) is 10.1. The summed E-state index contributed by atoms with van der Waals surface area (Å²) < 4.78 is 11.0. The number of hydrogen-bond acceptors (Lipinski definition) is 9. The predicted octanol–water partition coefficient (Wildman–Crippen LogP) is 1.65. The van der Waals surface area contributed by atoms with Gasteiger partial charge < -0.3 is 25.0 Å². The molecule has 2 aromatic heterocycles. The topological polar surface area (TPSA) is 120 Å². The van der Waals surface area contributed by atoms with Gasteiger partial charge in [-0.3, -0.25) is 0 Å². The molecule has 2 aliphatic heterocycles. The van der Waals surface area contributed by atoms with Crippen LogP contribution in [-0.2, 0) is 22.4 Å². The van der Waals surface area contributed by atoms with E-state index in [9.17, 15) is 4.79 Å². The van der Waals surface area contributed by atoms with Crippen LogP contribution in [0.4, 0.5) is 16.6 Å². The lowest BCUT2D eigenvalue weighted by Gasteiger charge is -2.34. The van der Waals surface area contributed by atoms with Gasteiger partial charge in [0.1, 0.15) is 11.4 Å². The molecule has 0 aliphatic carbocycles. The van der Waals surface area contributed by atoms with Crippen molar-refractivity contribution in [2.24, 2.45) is 0 Å². The fourth-order valence-corrected chi connectivity index (χ4v) is 3.51. The predicted molar refractivity (Wildman–Crippen MR) is 111 cm³/mol. The molecule has 0 saturated carbocycles.